The Hall–Kier alpha value is -4.22. The van der Waals surface area contributed by atoms with E-state index in [1.165, 1.54) is 64.0 Å². The molecular formula is C31H28BrF2N7O4S2. The SMILES string of the molecule is CC1(C)C(=O)NC(=O)N1CCNc1ncc(Br)c(-c2ncc(C(O)c3ccc(F)cc3)s2)n1.OC(c1ccc(F)cc1)c1cncs1. The zero-order chi connectivity index (χ0) is 33.7. The Labute approximate surface area is 284 Å². The van der Waals surface area contributed by atoms with E-state index in [4.69, 9.17) is 0 Å². The van der Waals surface area contributed by atoms with Crippen LogP contribution < -0.4 is 10.6 Å². The fourth-order valence-corrected chi connectivity index (χ4v) is 6.53. The molecule has 0 bridgehead atoms. The Kier molecular flexibility index (Phi) is 10.7. The number of rotatable bonds is 9. The first kappa shape index (κ1) is 34.1. The predicted molar refractivity (Wildman–Crippen MR) is 177 cm³/mol. The largest absolute Gasteiger partial charge is 0.383 e. The molecule has 2 unspecified atom stereocenters. The lowest BCUT2D eigenvalue weighted by atomic mass is 10.0. The summed E-state index contributed by atoms with van der Waals surface area (Å²) in [7, 11) is 0. The quantitative estimate of drug-likeness (QED) is 0.140. The molecule has 0 aliphatic carbocycles. The zero-order valence-corrected chi connectivity index (χ0v) is 28.1. The number of hydrogen-bond donors (Lipinski definition) is 4. The number of nitrogens with one attached hydrogen (secondary N) is 2. The van der Waals surface area contributed by atoms with Gasteiger partial charge in [0.2, 0.25) is 5.95 Å². The van der Waals surface area contributed by atoms with E-state index in [0.717, 1.165) is 4.88 Å². The lowest BCUT2D eigenvalue weighted by Crippen LogP contribution is -2.46. The van der Waals surface area contributed by atoms with Crippen molar-refractivity contribution in [3.63, 3.8) is 0 Å². The van der Waals surface area contributed by atoms with Crippen molar-refractivity contribution in [3.05, 3.63) is 110 Å². The van der Waals surface area contributed by atoms with Crippen LogP contribution in [0.25, 0.3) is 10.7 Å². The van der Waals surface area contributed by atoms with Gasteiger partial charge in [0, 0.05) is 31.7 Å². The number of aliphatic hydroxyl groups is 2. The maximum absolute atomic E-state index is 13.2. The molecule has 1 saturated heterocycles. The predicted octanol–water partition coefficient (Wildman–Crippen LogP) is 5.69. The van der Waals surface area contributed by atoms with Crippen molar-refractivity contribution >= 4 is 56.5 Å². The number of halogens is 3. The molecule has 0 radical (unpaired) electrons. The molecule has 5 aromatic rings. The van der Waals surface area contributed by atoms with Gasteiger partial charge < -0.3 is 20.4 Å². The smallest absolute Gasteiger partial charge is 0.325 e. The Bertz CT molecular complexity index is 1840. The van der Waals surface area contributed by atoms with Gasteiger partial charge in [-0.3, -0.25) is 15.1 Å². The monoisotopic (exact) mass is 743 g/mol. The van der Waals surface area contributed by atoms with Gasteiger partial charge >= 0.3 is 6.03 Å². The fourth-order valence-electron chi connectivity index (χ4n) is 4.46. The third kappa shape index (κ3) is 8.02. The molecule has 16 heteroatoms. The molecule has 244 valence electrons. The van der Waals surface area contributed by atoms with Gasteiger partial charge in [-0.05, 0) is 65.2 Å². The van der Waals surface area contributed by atoms with Crippen LogP contribution in [-0.2, 0) is 4.79 Å². The number of urea groups is 1. The number of anilines is 1. The molecule has 1 aliphatic rings. The molecule has 2 atom stereocenters. The minimum absolute atomic E-state index is 0.282. The van der Waals surface area contributed by atoms with Crippen LogP contribution in [0.1, 0.15) is 46.9 Å². The third-order valence-electron chi connectivity index (χ3n) is 7.15. The first-order chi connectivity index (χ1) is 22.4. The van der Waals surface area contributed by atoms with Crippen LogP contribution in [-0.4, -0.2) is 65.6 Å². The van der Waals surface area contributed by atoms with E-state index in [1.807, 2.05) is 0 Å². The maximum Gasteiger partial charge on any atom is 0.325 e. The summed E-state index contributed by atoms with van der Waals surface area (Å²) < 4.78 is 26.4. The van der Waals surface area contributed by atoms with E-state index < -0.39 is 23.8 Å². The second-order valence-electron chi connectivity index (χ2n) is 10.7. The van der Waals surface area contributed by atoms with Crippen molar-refractivity contribution in [2.75, 3.05) is 18.4 Å². The second kappa shape index (κ2) is 14.7. The van der Waals surface area contributed by atoms with E-state index >= 15 is 0 Å². The van der Waals surface area contributed by atoms with Crippen molar-refractivity contribution in [3.8, 4) is 10.7 Å². The lowest BCUT2D eigenvalue weighted by Gasteiger charge is -2.27. The standard InChI is InChI=1S/C21H20BrFN6O3S.C10H8FNOS/c1-21(2)18(31)28-20(32)29(21)8-7-24-19-26-9-13(22)15(27-19)17-25-10-14(33-17)16(30)11-3-5-12(23)6-4-11;11-8-3-1-7(2-4-8)10(13)9-5-12-6-14-9/h3-6,9-10,16,30H,7-8H2,1-2H3,(H,24,26,27)(H,28,31,32);1-6,10,13H. The zero-order valence-electron chi connectivity index (χ0n) is 24.9. The minimum Gasteiger partial charge on any atom is -0.383 e. The van der Waals surface area contributed by atoms with Crippen LogP contribution in [0.2, 0.25) is 0 Å². The maximum atomic E-state index is 13.2. The van der Waals surface area contributed by atoms with E-state index in [2.05, 4.69) is 46.5 Å². The highest BCUT2D eigenvalue weighted by atomic mass is 79.9. The molecule has 1 fully saturated rings. The van der Waals surface area contributed by atoms with Gasteiger partial charge in [-0.2, -0.15) is 0 Å². The number of thiazole rings is 2. The highest BCUT2D eigenvalue weighted by Crippen LogP contribution is 2.34. The van der Waals surface area contributed by atoms with Crippen LogP contribution in [0.15, 0.2) is 77.1 Å². The molecular weight excluding hydrogens is 716 g/mol. The second-order valence-corrected chi connectivity index (χ2v) is 13.5. The number of carbonyl (C=O) groups is 2. The molecule has 3 amide bonds. The number of amides is 3. The van der Waals surface area contributed by atoms with Gasteiger partial charge in [-0.1, -0.05) is 24.3 Å². The van der Waals surface area contributed by atoms with Gasteiger partial charge in [0.25, 0.3) is 5.91 Å². The van der Waals surface area contributed by atoms with Crippen LogP contribution in [0.5, 0.6) is 0 Å². The van der Waals surface area contributed by atoms with Crippen LogP contribution in [0.4, 0.5) is 19.5 Å². The van der Waals surface area contributed by atoms with Crippen molar-refractivity contribution in [2.45, 2.75) is 31.6 Å². The summed E-state index contributed by atoms with van der Waals surface area (Å²) in [5.41, 5.74) is 2.50. The molecule has 11 nitrogen and oxygen atoms in total. The summed E-state index contributed by atoms with van der Waals surface area (Å²) in [6.07, 6.45) is 3.10. The summed E-state index contributed by atoms with van der Waals surface area (Å²) in [5, 5.41) is 26.3. The number of imide groups is 1. The number of aliphatic hydroxyl groups excluding tert-OH is 2. The topological polar surface area (TPSA) is 153 Å². The minimum atomic E-state index is -0.937. The summed E-state index contributed by atoms with van der Waals surface area (Å²) in [4.78, 5) is 43.6. The molecule has 2 aromatic carbocycles. The lowest BCUT2D eigenvalue weighted by molar-refractivity contribution is -0.125. The van der Waals surface area contributed by atoms with Crippen molar-refractivity contribution in [1.29, 1.82) is 0 Å². The Morgan fingerprint density at radius 2 is 1.55 bits per heavy atom. The van der Waals surface area contributed by atoms with E-state index in [-0.39, 0.29) is 24.1 Å². The van der Waals surface area contributed by atoms with Crippen LogP contribution >= 0.6 is 38.6 Å². The molecule has 6 rings (SSSR count). The van der Waals surface area contributed by atoms with Crippen molar-refractivity contribution in [2.24, 2.45) is 0 Å². The third-order valence-corrected chi connectivity index (χ3v) is 9.61. The summed E-state index contributed by atoms with van der Waals surface area (Å²) in [5.74, 6) is -0.684. The molecule has 1 aliphatic heterocycles. The molecule has 0 saturated carbocycles. The van der Waals surface area contributed by atoms with E-state index in [0.29, 0.717) is 43.7 Å². The van der Waals surface area contributed by atoms with Gasteiger partial charge in [0.1, 0.15) is 40.1 Å². The van der Waals surface area contributed by atoms with Crippen LogP contribution in [0, 0.1) is 11.6 Å². The van der Waals surface area contributed by atoms with Gasteiger partial charge in [-0.15, -0.1) is 22.7 Å². The average molecular weight is 745 g/mol. The van der Waals surface area contributed by atoms with Crippen molar-refractivity contribution in [1.82, 2.24) is 30.2 Å². The number of hydrogen-bond acceptors (Lipinski definition) is 11. The van der Waals surface area contributed by atoms with Gasteiger partial charge in [-0.25, -0.2) is 28.5 Å². The van der Waals surface area contributed by atoms with Gasteiger partial charge in [0.15, 0.2) is 0 Å². The van der Waals surface area contributed by atoms with E-state index in [1.54, 1.807) is 50.1 Å². The number of nitrogens with zero attached hydrogens (tertiary/aromatic N) is 5. The Morgan fingerprint density at radius 3 is 2.11 bits per heavy atom. The number of carbonyl (C=O) groups excluding carboxylic acids is 2. The summed E-state index contributed by atoms with van der Waals surface area (Å²) in [6.45, 7) is 3.98. The van der Waals surface area contributed by atoms with Crippen molar-refractivity contribution < 1.29 is 28.6 Å². The Morgan fingerprint density at radius 1 is 0.936 bits per heavy atom. The normalized spacial score (nSPS) is 15.1. The highest BCUT2D eigenvalue weighted by molar-refractivity contribution is 9.10. The summed E-state index contributed by atoms with van der Waals surface area (Å²) in [6, 6.07) is 11.0. The van der Waals surface area contributed by atoms with E-state index in [9.17, 15) is 28.6 Å². The Balaban J connectivity index is 0.000000257. The number of benzene rings is 2. The molecule has 0 spiro atoms. The average Bonchev–Trinajstić information content (AvgIpc) is 3.81. The number of aromatic nitrogens is 4. The molecule has 3 aromatic heterocycles. The molecule has 4 N–H and O–H groups in total. The molecule has 4 heterocycles. The van der Waals surface area contributed by atoms with Crippen LogP contribution in [0.3, 0.4) is 0 Å². The summed E-state index contributed by atoms with van der Waals surface area (Å²) >= 11 is 6.06. The first-order valence-corrected chi connectivity index (χ1v) is 16.5. The highest BCUT2D eigenvalue weighted by Gasteiger charge is 2.45. The molecule has 47 heavy (non-hydrogen) atoms. The fraction of sp³-hybridized carbons (Fsp3) is 0.226. The first-order valence-electron chi connectivity index (χ1n) is 14.0. The van der Waals surface area contributed by atoms with Gasteiger partial charge in [0.05, 0.1) is 19.7 Å².